The lowest BCUT2D eigenvalue weighted by Gasteiger charge is -2.26. The molecule has 3 heteroatoms. The van der Waals surface area contributed by atoms with Gasteiger partial charge in [-0.3, -0.25) is 0 Å². The maximum atomic E-state index is 10.7. The van der Waals surface area contributed by atoms with E-state index in [1.54, 1.807) is 6.92 Å². The molecule has 22 heavy (non-hydrogen) atoms. The van der Waals surface area contributed by atoms with Gasteiger partial charge >= 0.3 is 5.97 Å². The van der Waals surface area contributed by atoms with Crippen molar-refractivity contribution in [1.29, 1.82) is 0 Å². The van der Waals surface area contributed by atoms with Gasteiger partial charge in [0.05, 0.1) is 18.3 Å². The van der Waals surface area contributed by atoms with Crippen LogP contribution in [0.15, 0.2) is 12.2 Å². The summed E-state index contributed by atoms with van der Waals surface area (Å²) < 4.78 is 10.5. The minimum Gasteiger partial charge on any atom is -0.462 e. The van der Waals surface area contributed by atoms with Gasteiger partial charge in [0, 0.05) is 5.57 Å². The molecule has 0 aromatic heterocycles. The summed E-state index contributed by atoms with van der Waals surface area (Å²) in [6.45, 7) is 14.6. The summed E-state index contributed by atoms with van der Waals surface area (Å²) in [6.07, 6.45) is 7.93. The first-order valence-electron chi connectivity index (χ1n) is 8.84. The SMILES string of the molecule is C=C(C)C(=O)OCCCC.CCC(C)C1CCC2(C)OC2C1. The molecule has 2 rings (SSSR count). The lowest BCUT2D eigenvalue weighted by Crippen LogP contribution is -2.24. The van der Waals surface area contributed by atoms with E-state index in [-0.39, 0.29) is 5.97 Å². The Balaban J connectivity index is 0.000000225. The molecule has 0 radical (unpaired) electrons. The van der Waals surface area contributed by atoms with E-state index in [1.807, 2.05) is 0 Å². The molecule has 1 heterocycles. The zero-order chi connectivity index (χ0) is 16.8. The Labute approximate surface area is 136 Å². The van der Waals surface area contributed by atoms with Crippen molar-refractivity contribution in [2.75, 3.05) is 6.61 Å². The highest BCUT2D eigenvalue weighted by Gasteiger charge is 2.55. The predicted molar refractivity (Wildman–Crippen MR) is 90.8 cm³/mol. The third kappa shape index (κ3) is 5.75. The molecule has 1 aliphatic carbocycles. The van der Waals surface area contributed by atoms with Crippen LogP contribution in [-0.4, -0.2) is 24.3 Å². The number of unbranched alkanes of at least 4 members (excludes halogenated alkanes) is 1. The molecule has 2 fully saturated rings. The molecule has 1 saturated heterocycles. The maximum absolute atomic E-state index is 10.7. The van der Waals surface area contributed by atoms with Gasteiger partial charge in [-0.25, -0.2) is 4.79 Å². The second-order valence-corrected chi connectivity index (χ2v) is 7.11. The molecule has 0 aromatic rings. The minimum absolute atomic E-state index is 0.284. The van der Waals surface area contributed by atoms with Gasteiger partial charge in [-0.2, -0.15) is 0 Å². The average molecular weight is 310 g/mol. The Morgan fingerprint density at radius 2 is 2.14 bits per heavy atom. The summed E-state index contributed by atoms with van der Waals surface area (Å²) in [7, 11) is 0. The van der Waals surface area contributed by atoms with E-state index >= 15 is 0 Å². The van der Waals surface area contributed by atoms with E-state index < -0.39 is 0 Å². The molecule has 0 bridgehead atoms. The molecule has 0 amide bonds. The maximum Gasteiger partial charge on any atom is 0.333 e. The van der Waals surface area contributed by atoms with Gasteiger partial charge in [0.2, 0.25) is 0 Å². The quantitative estimate of drug-likeness (QED) is 0.303. The first-order valence-corrected chi connectivity index (χ1v) is 8.84. The van der Waals surface area contributed by atoms with Crippen molar-refractivity contribution < 1.29 is 14.3 Å². The van der Waals surface area contributed by atoms with Crippen LogP contribution in [0.25, 0.3) is 0 Å². The molecule has 1 aliphatic heterocycles. The first-order chi connectivity index (χ1) is 10.3. The van der Waals surface area contributed by atoms with E-state index in [0.717, 1.165) is 24.7 Å². The number of fused-ring (bicyclic) bond motifs is 1. The number of carbonyl (C=O) groups is 1. The fourth-order valence-corrected chi connectivity index (χ4v) is 2.96. The molecule has 2 aliphatic rings. The summed E-state index contributed by atoms with van der Waals surface area (Å²) in [5.74, 6) is 1.56. The Bertz CT molecular complexity index is 377. The van der Waals surface area contributed by atoms with Crippen LogP contribution >= 0.6 is 0 Å². The number of ether oxygens (including phenoxy) is 2. The number of rotatable bonds is 6. The van der Waals surface area contributed by atoms with E-state index in [9.17, 15) is 4.79 Å². The van der Waals surface area contributed by atoms with Crippen LogP contribution in [0.1, 0.15) is 73.1 Å². The minimum atomic E-state index is -0.284. The van der Waals surface area contributed by atoms with Gasteiger partial charge in [-0.05, 0) is 51.4 Å². The average Bonchev–Trinajstić information content (AvgIpc) is 3.17. The summed E-state index contributed by atoms with van der Waals surface area (Å²) >= 11 is 0. The van der Waals surface area contributed by atoms with E-state index in [4.69, 9.17) is 9.47 Å². The van der Waals surface area contributed by atoms with Crippen LogP contribution in [-0.2, 0) is 14.3 Å². The smallest absolute Gasteiger partial charge is 0.333 e. The standard InChI is InChI=1S/C11H20O.C8H14O2/c1-4-8(2)9-5-6-11(3)10(7-9)12-11;1-4-5-6-10-8(9)7(2)3/h8-10H,4-7H2,1-3H3;2,4-6H2,1,3H3. The van der Waals surface area contributed by atoms with Crippen molar-refractivity contribution in [3.05, 3.63) is 12.2 Å². The van der Waals surface area contributed by atoms with Crippen LogP contribution in [0.2, 0.25) is 0 Å². The molecule has 128 valence electrons. The van der Waals surface area contributed by atoms with Crippen LogP contribution in [0.3, 0.4) is 0 Å². The van der Waals surface area contributed by atoms with Crippen LogP contribution in [0.5, 0.6) is 0 Å². The van der Waals surface area contributed by atoms with Crippen molar-refractivity contribution in [3.8, 4) is 0 Å². The second kappa shape index (κ2) is 8.71. The number of hydrogen-bond acceptors (Lipinski definition) is 3. The van der Waals surface area contributed by atoms with Crippen LogP contribution in [0.4, 0.5) is 0 Å². The summed E-state index contributed by atoms with van der Waals surface area (Å²) in [6, 6.07) is 0. The molecule has 4 unspecified atom stereocenters. The molecular weight excluding hydrogens is 276 g/mol. The van der Waals surface area contributed by atoms with Crippen molar-refractivity contribution in [2.45, 2.75) is 84.8 Å². The molecule has 3 nitrogen and oxygen atoms in total. The Morgan fingerprint density at radius 1 is 1.45 bits per heavy atom. The van der Waals surface area contributed by atoms with Gasteiger partial charge in [0.15, 0.2) is 0 Å². The molecule has 1 saturated carbocycles. The van der Waals surface area contributed by atoms with E-state index in [1.165, 1.54) is 25.7 Å². The zero-order valence-electron chi connectivity index (χ0n) is 15.1. The van der Waals surface area contributed by atoms with Crippen molar-refractivity contribution >= 4 is 5.97 Å². The van der Waals surface area contributed by atoms with Crippen molar-refractivity contribution in [3.63, 3.8) is 0 Å². The lowest BCUT2D eigenvalue weighted by molar-refractivity contribution is -0.139. The molecule has 0 aromatic carbocycles. The molecule has 0 N–H and O–H groups in total. The monoisotopic (exact) mass is 310 g/mol. The third-order valence-electron chi connectivity index (χ3n) is 5.09. The van der Waals surface area contributed by atoms with E-state index in [2.05, 4.69) is 34.3 Å². The van der Waals surface area contributed by atoms with Crippen LogP contribution in [0, 0.1) is 11.8 Å². The van der Waals surface area contributed by atoms with Gasteiger partial charge in [0.25, 0.3) is 0 Å². The Kier molecular flexibility index (Phi) is 7.61. The van der Waals surface area contributed by atoms with Crippen LogP contribution < -0.4 is 0 Å². The normalized spacial score (nSPS) is 30.4. The highest BCUT2D eigenvalue weighted by molar-refractivity contribution is 5.86. The fraction of sp³-hybridized carbons (Fsp3) is 0.842. The number of esters is 1. The summed E-state index contributed by atoms with van der Waals surface area (Å²) in [5, 5.41) is 0. The highest BCUT2D eigenvalue weighted by Crippen LogP contribution is 2.50. The number of epoxide rings is 1. The van der Waals surface area contributed by atoms with Crippen molar-refractivity contribution in [1.82, 2.24) is 0 Å². The Morgan fingerprint density at radius 3 is 2.64 bits per heavy atom. The second-order valence-electron chi connectivity index (χ2n) is 7.11. The van der Waals surface area contributed by atoms with Gasteiger partial charge < -0.3 is 9.47 Å². The molecular formula is C19H34O3. The summed E-state index contributed by atoms with van der Waals surface area (Å²) in [5.41, 5.74) is 0.778. The molecule has 0 spiro atoms. The summed E-state index contributed by atoms with van der Waals surface area (Å²) in [4.78, 5) is 10.7. The number of carbonyl (C=O) groups excluding carboxylic acids is 1. The number of hydrogen-bond donors (Lipinski definition) is 0. The zero-order valence-corrected chi connectivity index (χ0v) is 15.1. The van der Waals surface area contributed by atoms with Gasteiger partial charge in [-0.1, -0.05) is 40.2 Å². The molecule has 4 atom stereocenters. The fourth-order valence-electron chi connectivity index (χ4n) is 2.96. The lowest BCUT2D eigenvalue weighted by atomic mass is 9.76. The topological polar surface area (TPSA) is 38.8 Å². The van der Waals surface area contributed by atoms with Gasteiger partial charge in [-0.15, -0.1) is 0 Å². The Hall–Kier alpha value is -0.830. The van der Waals surface area contributed by atoms with Gasteiger partial charge in [0.1, 0.15) is 0 Å². The largest absolute Gasteiger partial charge is 0.462 e. The van der Waals surface area contributed by atoms with E-state index in [0.29, 0.717) is 23.9 Å². The van der Waals surface area contributed by atoms with Crippen molar-refractivity contribution in [2.24, 2.45) is 11.8 Å². The third-order valence-corrected chi connectivity index (χ3v) is 5.09. The highest BCUT2D eigenvalue weighted by atomic mass is 16.6. The first kappa shape index (κ1) is 19.2. The predicted octanol–water partition coefficient (Wildman–Crippen LogP) is 4.90.